The van der Waals surface area contributed by atoms with Crippen molar-refractivity contribution in [3.8, 4) is 5.75 Å². The van der Waals surface area contributed by atoms with Crippen LogP contribution in [0.4, 0.5) is 26.3 Å². The first-order chi connectivity index (χ1) is 20.3. The van der Waals surface area contributed by atoms with E-state index in [1.807, 2.05) is 12.1 Å². The summed E-state index contributed by atoms with van der Waals surface area (Å²) in [6, 6.07) is 4.33. The largest absolute Gasteiger partial charge is 0.491 e. The number of piperidine rings is 1. The number of likely N-dealkylation sites (tertiary alicyclic amines) is 1. The number of benzene rings is 1. The predicted molar refractivity (Wildman–Crippen MR) is 154 cm³/mol. The van der Waals surface area contributed by atoms with Crippen molar-refractivity contribution in [2.75, 3.05) is 32.8 Å². The number of halogens is 8. The third-order valence-corrected chi connectivity index (χ3v) is 6.92. The molecule has 6 N–H and O–H groups in total. The van der Waals surface area contributed by atoms with Crippen molar-refractivity contribution in [1.82, 2.24) is 10.2 Å². The van der Waals surface area contributed by atoms with Gasteiger partial charge in [0.1, 0.15) is 11.5 Å². The number of carbonyl (C=O) groups is 3. The summed E-state index contributed by atoms with van der Waals surface area (Å²) in [7, 11) is 0. The van der Waals surface area contributed by atoms with E-state index in [1.54, 1.807) is 0 Å². The normalized spacial score (nSPS) is 15.7. The fourth-order valence-corrected chi connectivity index (χ4v) is 5.05. The number of ether oxygens (including phenoxy) is 1. The number of carboxylic acid groups (broad SMARTS) is 2. The number of carboxylic acids is 2. The maximum absolute atomic E-state index is 12.4. The first-order valence-electron chi connectivity index (χ1n) is 13.0. The number of hydrogen-bond donors (Lipinski definition) is 5. The monoisotopic (exact) mass is 774 g/mol. The minimum absolute atomic E-state index is 0.0805. The second-order valence-corrected chi connectivity index (χ2v) is 10.9. The number of aliphatic carboxylic acids is 2. The highest BCUT2D eigenvalue weighted by molar-refractivity contribution is 9.11. The van der Waals surface area contributed by atoms with Crippen LogP contribution in [0.15, 0.2) is 26.2 Å². The molecule has 44 heavy (non-hydrogen) atoms. The van der Waals surface area contributed by atoms with Gasteiger partial charge in [0.2, 0.25) is 0 Å². The Morgan fingerprint density at radius 3 is 2.00 bits per heavy atom. The molecule has 1 aromatic carbocycles. The zero-order valence-electron chi connectivity index (χ0n) is 23.5. The Balaban J connectivity index is 0.00000109. The van der Waals surface area contributed by atoms with Gasteiger partial charge in [-0.15, -0.1) is 0 Å². The van der Waals surface area contributed by atoms with Gasteiger partial charge in [-0.2, -0.15) is 26.3 Å². The van der Waals surface area contributed by atoms with Crippen molar-refractivity contribution < 1.29 is 60.9 Å². The van der Waals surface area contributed by atoms with E-state index in [2.05, 4.69) is 54.2 Å². The highest BCUT2D eigenvalue weighted by atomic mass is 79.9. The molecule has 11 nitrogen and oxygen atoms in total. The predicted octanol–water partition coefficient (Wildman–Crippen LogP) is 4.96. The first kappa shape index (κ1) is 41.4. The summed E-state index contributed by atoms with van der Waals surface area (Å²) < 4.78 is 70.7. The van der Waals surface area contributed by atoms with Crippen molar-refractivity contribution in [3.05, 3.63) is 26.6 Å². The van der Waals surface area contributed by atoms with Crippen LogP contribution >= 0.6 is 31.9 Å². The van der Waals surface area contributed by atoms with Crippen molar-refractivity contribution in [3.63, 3.8) is 0 Å². The minimum atomic E-state index is -5.08. The van der Waals surface area contributed by atoms with Crippen LogP contribution in [-0.4, -0.2) is 95.1 Å². The van der Waals surface area contributed by atoms with Crippen LogP contribution in [-0.2, 0) is 20.8 Å². The lowest BCUT2D eigenvalue weighted by atomic mass is 10.0. The van der Waals surface area contributed by atoms with Gasteiger partial charge >= 0.3 is 24.3 Å². The quantitative estimate of drug-likeness (QED) is 0.0685. The van der Waals surface area contributed by atoms with Gasteiger partial charge in [0.25, 0.3) is 5.91 Å². The number of oxime groups is 1. The summed E-state index contributed by atoms with van der Waals surface area (Å²) in [5, 5.41) is 29.7. The molecule has 0 saturated carbocycles. The molecule has 1 saturated heterocycles. The Morgan fingerprint density at radius 2 is 1.57 bits per heavy atom. The zero-order chi connectivity index (χ0) is 34.1. The standard InChI is InChI=1S/C21H32Br2N4O3.2C2HF3O2/c1-15-6-2-3-9-27(15)10-5-8-25-21(28)19(26-29)14-16-12-17(22)20(18(23)13-16)30-11-4-7-24;2*3-2(4,5)1(6)7/h12-13,15,29H,2-11,14,24H2,1H3,(H,25,28);2*(H,6,7)/b26-19+;;. The average Bonchev–Trinajstić information content (AvgIpc) is 2.91. The Morgan fingerprint density at radius 1 is 1.05 bits per heavy atom. The van der Waals surface area contributed by atoms with E-state index >= 15 is 0 Å². The summed E-state index contributed by atoms with van der Waals surface area (Å²) >= 11 is 7.00. The lowest BCUT2D eigenvalue weighted by molar-refractivity contribution is -0.193. The molecule has 1 aliphatic heterocycles. The number of rotatable bonds is 11. The number of hydrogen-bond acceptors (Lipinski definition) is 8. The van der Waals surface area contributed by atoms with Gasteiger partial charge in [0.15, 0.2) is 0 Å². The molecule has 2 rings (SSSR count). The third kappa shape index (κ3) is 17.0. The molecule has 1 unspecified atom stereocenters. The average molecular weight is 776 g/mol. The first-order valence-corrected chi connectivity index (χ1v) is 14.6. The lowest BCUT2D eigenvalue weighted by Gasteiger charge is -2.33. The van der Waals surface area contributed by atoms with Gasteiger partial charge in [0, 0.05) is 25.6 Å². The second-order valence-electron chi connectivity index (χ2n) is 9.20. The van der Waals surface area contributed by atoms with E-state index < -0.39 is 24.3 Å². The second kappa shape index (κ2) is 20.4. The van der Waals surface area contributed by atoms with Gasteiger partial charge in [-0.3, -0.25) is 4.79 Å². The highest BCUT2D eigenvalue weighted by Crippen LogP contribution is 2.35. The molecular weight excluding hydrogens is 742 g/mol. The third-order valence-electron chi connectivity index (χ3n) is 5.74. The van der Waals surface area contributed by atoms with Crippen LogP contribution in [0.25, 0.3) is 0 Å². The molecule has 1 amide bonds. The highest BCUT2D eigenvalue weighted by Gasteiger charge is 2.38. The molecule has 0 aromatic heterocycles. The van der Waals surface area contributed by atoms with Crippen molar-refractivity contribution in [1.29, 1.82) is 0 Å². The molecular formula is C25H34Br2F6N4O7. The van der Waals surface area contributed by atoms with Crippen molar-refractivity contribution >= 4 is 55.4 Å². The summed E-state index contributed by atoms with van der Waals surface area (Å²) in [6.45, 7) is 6.01. The molecule has 1 aliphatic rings. The van der Waals surface area contributed by atoms with Gasteiger partial charge < -0.3 is 36.1 Å². The fraction of sp³-hybridized carbons (Fsp3) is 0.600. The molecule has 19 heteroatoms. The number of nitrogens with one attached hydrogen (secondary N) is 1. The smallest absolute Gasteiger partial charge is 0.490 e. The maximum atomic E-state index is 12.4. The molecule has 1 atom stereocenters. The number of amides is 1. The molecule has 0 spiro atoms. The minimum Gasteiger partial charge on any atom is -0.491 e. The summed E-state index contributed by atoms with van der Waals surface area (Å²) in [4.78, 5) is 32.7. The number of alkyl halides is 6. The van der Waals surface area contributed by atoms with Crippen molar-refractivity contribution in [2.24, 2.45) is 10.9 Å². The van der Waals surface area contributed by atoms with Crippen LogP contribution in [0.3, 0.4) is 0 Å². The molecule has 252 valence electrons. The summed E-state index contributed by atoms with van der Waals surface area (Å²) in [6.07, 6.45) is -4.52. The topological polar surface area (TPSA) is 175 Å². The van der Waals surface area contributed by atoms with E-state index in [4.69, 9.17) is 30.3 Å². The van der Waals surface area contributed by atoms with E-state index in [0.717, 1.165) is 40.4 Å². The Bertz CT molecular complexity index is 1060. The van der Waals surface area contributed by atoms with Crippen LogP contribution in [0, 0.1) is 0 Å². The van der Waals surface area contributed by atoms with Gasteiger partial charge in [-0.25, -0.2) is 9.59 Å². The summed E-state index contributed by atoms with van der Waals surface area (Å²) in [5.41, 5.74) is 6.40. The molecule has 1 heterocycles. The van der Waals surface area contributed by atoms with Crippen molar-refractivity contribution in [2.45, 2.75) is 63.8 Å². The van der Waals surface area contributed by atoms with Crippen LogP contribution < -0.4 is 15.8 Å². The van der Waals surface area contributed by atoms with E-state index in [1.165, 1.54) is 19.3 Å². The molecule has 0 radical (unpaired) electrons. The Labute approximate surface area is 266 Å². The summed E-state index contributed by atoms with van der Waals surface area (Å²) in [5.74, 6) is -5.18. The van der Waals surface area contributed by atoms with Gasteiger partial charge in [0.05, 0.1) is 15.6 Å². The molecule has 1 aromatic rings. The number of nitrogens with zero attached hydrogens (tertiary/aromatic N) is 2. The zero-order valence-corrected chi connectivity index (χ0v) is 26.7. The Kier molecular flexibility index (Phi) is 19.2. The van der Waals surface area contributed by atoms with E-state index in [-0.39, 0.29) is 18.0 Å². The van der Waals surface area contributed by atoms with E-state index in [0.29, 0.717) is 31.5 Å². The SMILES string of the molecule is CC1CCCCN1CCCNC(=O)/C(Cc1cc(Br)c(OCCCN)c(Br)c1)=N/O.O=C(O)C(F)(F)F.O=C(O)C(F)(F)F. The molecule has 0 aliphatic carbocycles. The van der Waals surface area contributed by atoms with Crippen LogP contribution in [0.2, 0.25) is 0 Å². The van der Waals surface area contributed by atoms with Gasteiger partial charge in [-0.1, -0.05) is 11.6 Å². The molecule has 0 bridgehead atoms. The number of carbonyl (C=O) groups excluding carboxylic acids is 1. The maximum Gasteiger partial charge on any atom is 0.490 e. The Hall–Kier alpha value is -2.64. The van der Waals surface area contributed by atoms with Gasteiger partial charge in [-0.05, 0) is 95.3 Å². The van der Waals surface area contributed by atoms with E-state index in [9.17, 15) is 36.3 Å². The van der Waals surface area contributed by atoms with Crippen LogP contribution in [0.5, 0.6) is 5.75 Å². The van der Waals surface area contributed by atoms with Crippen LogP contribution in [0.1, 0.15) is 44.6 Å². The lowest BCUT2D eigenvalue weighted by Crippen LogP contribution is -2.40. The molecule has 1 fully saturated rings. The number of nitrogens with two attached hydrogens (primary N) is 1. The fourth-order valence-electron chi connectivity index (χ4n) is 3.54.